The Morgan fingerprint density at radius 1 is 0.942 bits per heavy atom. The fourth-order valence-electron chi connectivity index (χ4n) is 8.74. The lowest BCUT2D eigenvalue weighted by Gasteiger charge is -2.48. The van der Waals surface area contributed by atoms with Gasteiger partial charge >= 0.3 is 5.97 Å². The quantitative estimate of drug-likeness (QED) is 0.238. The van der Waals surface area contributed by atoms with Crippen LogP contribution in [0.5, 0.6) is 0 Å². The first-order valence-corrected chi connectivity index (χ1v) is 19.1. The Morgan fingerprint density at radius 3 is 2.12 bits per heavy atom. The average Bonchev–Trinajstić information content (AvgIpc) is 3.05. The molecule has 0 spiro atoms. The van der Waals surface area contributed by atoms with Crippen LogP contribution in [0, 0.1) is 17.8 Å². The Hall–Kier alpha value is -1.01. The molecule has 0 amide bonds. The van der Waals surface area contributed by atoms with E-state index in [-0.39, 0.29) is 37.3 Å². The topological polar surface area (TPSA) is 180 Å². The number of likely N-dealkylation sites (N-methyl/N-ethyl adjacent to an activating group) is 2. The van der Waals surface area contributed by atoms with E-state index in [9.17, 15) is 30.3 Å². The molecule has 0 aliphatic carbocycles. The Balaban J connectivity index is 2.17. The molecule has 0 aromatic carbocycles. The van der Waals surface area contributed by atoms with Crippen LogP contribution in [-0.2, 0) is 33.2 Å². The van der Waals surface area contributed by atoms with Gasteiger partial charge < -0.3 is 63.8 Å². The number of methoxy groups -OCH3 is 1. The molecule has 3 fully saturated rings. The van der Waals surface area contributed by atoms with Crippen molar-refractivity contribution in [3.8, 4) is 0 Å². The van der Waals surface area contributed by atoms with Crippen molar-refractivity contribution in [1.29, 1.82) is 0 Å². The van der Waals surface area contributed by atoms with Gasteiger partial charge in [-0.15, -0.1) is 0 Å². The number of aliphatic hydroxyl groups excluding tert-OH is 3. The van der Waals surface area contributed by atoms with Crippen LogP contribution in [0.4, 0.5) is 0 Å². The molecule has 3 aliphatic heterocycles. The molecule has 14 heteroatoms. The first kappa shape index (κ1) is 45.4. The second kappa shape index (κ2) is 17.8. The third-order valence-corrected chi connectivity index (χ3v) is 12.2. The summed E-state index contributed by atoms with van der Waals surface area (Å²) in [5.74, 6) is -2.58. The highest BCUT2D eigenvalue weighted by molar-refractivity contribution is 5.73. The van der Waals surface area contributed by atoms with Crippen molar-refractivity contribution < 1.29 is 58.7 Å². The highest BCUT2D eigenvalue weighted by Crippen LogP contribution is 2.40. The molecule has 18 atom stereocenters. The number of esters is 1. The van der Waals surface area contributed by atoms with E-state index in [1.807, 2.05) is 51.7 Å². The monoisotopic (exact) mass is 749 g/mol. The molecule has 0 radical (unpaired) electrons. The second-order valence-corrected chi connectivity index (χ2v) is 17.2. The Morgan fingerprint density at radius 2 is 1.56 bits per heavy atom. The third-order valence-electron chi connectivity index (χ3n) is 12.2. The standard InChI is InChI=1S/C38H72N2O12/c1-15-27-38(10,46)31(42)24(6)40(13)19-20(2)17-36(8,45)33(52-35-29(41)26(39(11)12)16-21(3)48-35)22(4)30(23(5)34(44)50-27)51-28-18-37(9,47-14)32(43)25(7)49-28/h20-33,35,41-43,45-46H,15-19H2,1-14H3/t20-,21-,22+,23-,24-,25+,26+,27-,28+,29-,30?,31-,32+,33-,35?,36-,37-,38-/m1/s1. The molecule has 3 saturated heterocycles. The molecule has 0 aromatic heterocycles. The molecular formula is C38H72N2O12. The number of nitrogens with zero attached hydrogens (tertiary/aromatic N) is 2. The van der Waals surface area contributed by atoms with Crippen LogP contribution in [-0.4, -0.2) is 166 Å². The molecule has 0 saturated carbocycles. The fourth-order valence-corrected chi connectivity index (χ4v) is 8.74. The van der Waals surface area contributed by atoms with E-state index in [1.165, 1.54) is 14.0 Å². The SMILES string of the molecule is CC[C@H]1OC(=O)[C@H](C)C(O[C@H]2C[C@@](C)(OC)[C@@H](O)[C@H](C)O2)[C@H](C)[C@@H](OC2O[C@H](C)C[C@H](N(C)C)[C@H]2O)[C@](C)(O)C[C@@H](C)CN(C)[C@H](C)[C@@H](O)[C@]1(C)O. The van der Waals surface area contributed by atoms with Gasteiger partial charge in [0.1, 0.15) is 30.0 Å². The lowest BCUT2D eigenvalue weighted by Crippen LogP contribution is -2.60. The first-order valence-electron chi connectivity index (χ1n) is 19.1. The van der Waals surface area contributed by atoms with Gasteiger partial charge in [-0.2, -0.15) is 0 Å². The van der Waals surface area contributed by atoms with Crippen LogP contribution in [0.25, 0.3) is 0 Å². The Labute approximate surface area is 312 Å². The average molecular weight is 749 g/mol. The van der Waals surface area contributed by atoms with E-state index in [1.54, 1.807) is 41.5 Å². The number of rotatable bonds is 7. The number of carbonyl (C=O) groups is 1. The summed E-state index contributed by atoms with van der Waals surface area (Å²) < 4.78 is 37.5. The van der Waals surface area contributed by atoms with Crippen molar-refractivity contribution >= 4 is 5.97 Å². The molecule has 2 unspecified atom stereocenters. The van der Waals surface area contributed by atoms with E-state index in [2.05, 4.69) is 0 Å². The van der Waals surface area contributed by atoms with E-state index in [0.717, 1.165) is 0 Å². The molecule has 52 heavy (non-hydrogen) atoms. The van der Waals surface area contributed by atoms with Crippen molar-refractivity contribution in [3.05, 3.63) is 0 Å². The predicted octanol–water partition coefficient (Wildman–Crippen LogP) is 1.90. The van der Waals surface area contributed by atoms with Gasteiger partial charge in [0.05, 0.1) is 41.5 Å². The minimum atomic E-state index is -1.80. The van der Waals surface area contributed by atoms with Crippen LogP contribution >= 0.6 is 0 Å². The molecule has 306 valence electrons. The summed E-state index contributed by atoms with van der Waals surface area (Å²) in [5.41, 5.74) is -4.37. The number of cyclic esters (lactones) is 1. The fraction of sp³-hybridized carbons (Fsp3) is 0.974. The van der Waals surface area contributed by atoms with E-state index >= 15 is 0 Å². The maximum absolute atomic E-state index is 14.2. The lowest BCUT2D eigenvalue weighted by molar-refractivity contribution is -0.318. The van der Waals surface area contributed by atoms with E-state index in [4.69, 9.17) is 28.4 Å². The summed E-state index contributed by atoms with van der Waals surface area (Å²) in [6.07, 6.45) is -8.19. The number of ether oxygens (including phenoxy) is 6. The van der Waals surface area contributed by atoms with Gasteiger partial charge in [-0.25, -0.2) is 0 Å². The molecular weight excluding hydrogens is 676 g/mol. The third kappa shape index (κ3) is 10.0. The molecule has 3 heterocycles. The maximum atomic E-state index is 14.2. The summed E-state index contributed by atoms with van der Waals surface area (Å²) in [7, 11) is 7.12. The lowest BCUT2D eigenvalue weighted by atomic mass is 9.77. The molecule has 0 aromatic rings. The van der Waals surface area contributed by atoms with Gasteiger partial charge in [0, 0.05) is 38.1 Å². The zero-order valence-corrected chi connectivity index (χ0v) is 34.2. The summed E-state index contributed by atoms with van der Waals surface area (Å²) in [4.78, 5) is 18.0. The summed E-state index contributed by atoms with van der Waals surface area (Å²) in [5, 5.41) is 58.1. The molecule has 3 rings (SSSR count). The Kier molecular flexibility index (Phi) is 15.6. The van der Waals surface area contributed by atoms with Crippen molar-refractivity contribution in [1.82, 2.24) is 9.80 Å². The molecule has 0 bridgehead atoms. The van der Waals surface area contributed by atoms with Crippen molar-refractivity contribution in [2.45, 2.75) is 185 Å². The molecule has 3 aliphatic rings. The first-order chi connectivity index (χ1) is 23.9. The van der Waals surface area contributed by atoms with Crippen LogP contribution in [0.2, 0.25) is 0 Å². The van der Waals surface area contributed by atoms with Crippen LogP contribution in [0.15, 0.2) is 0 Å². The smallest absolute Gasteiger partial charge is 0.311 e. The van der Waals surface area contributed by atoms with Crippen molar-refractivity contribution in [2.75, 3.05) is 34.8 Å². The molecule has 5 N–H and O–H groups in total. The van der Waals surface area contributed by atoms with Gasteiger partial charge in [0.15, 0.2) is 12.6 Å². The van der Waals surface area contributed by atoms with Crippen LogP contribution in [0.3, 0.4) is 0 Å². The van der Waals surface area contributed by atoms with Crippen LogP contribution < -0.4 is 0 Å². The number of hydrogen-bond donors (Lipinski definition) is 5. The highest BCUT2D eigenvalue weighted by atomic mass is 16.7. The second-order valence-electron chi connectivity index (χ2n) is 17.2. The molecule has 14 nitrogen and oxygen atoms in total. The minimum absolute atomic E-state index is 0.133. The van der Waals surface area contributed by atoms with Gasteiger partial charge in [-0.1, -0.05) is 20.8 Å². The summed E-state index contributed by atoms with van der Waals surface area (Å²) in [6, 6.07) is -0.808. The van der Waals surface area contributed by atoms with Gasteiger partial charge in [-0.05, 0) is 94.8 Å². The summed E-state index contributed by atoms with van der Waals surface area (Å²) >= 11 is 0. The predicted molar refractivity (Wildman–Crippen MR) is 194 cm³/mol. The number of aliphatic hydroxyl groups is 5. The minimum Gasteiger partial charge on any atom is -0.459 e. The van der Waals surface area contributed by atoms with Crippen molar-refractivity contribution in [3.63, 3.8) is 0 Å². The summed E-state index contributed by atoms with van der Waals surface area (Å²) in [6.45, 7) is 18.0. The van der Waals surface area contributed by atoms with E-state index in [0.29, 0.717) is 13.0 Å². The van der Waals surface area contributed by atoms with Crippen molar-refractivity contribution in [2.24, 2.45) is 17.8 Å². The zero-order chi connectivity index (χ0) is 39.7. The number of carbonyl (C=O) groups excluding carboxylic acids is 1. The van der Waals surface area contributed by atoms with Gasteiger partial charge in [0.25, 0.3) is 0 Å². The normalized spacial score (nSPS) is 49.6. The zero-order valence-electron chi connectivity index (χ0n) is 34.2. The van der Waals surface area contributed by atoms with Gasteiger partial charge in [0.2, 0.25) is 0 Å². The maximum Gasteiger partial charge on any atom is 0.311 e. The number of hydrogen-bond acceptors (Lipinski definition) is 14. The Bertz CT molecular complexity index is 1140. The van der Waals surface area contributed by atoms with Crippen LogP contribution in [0.1, 0.15) is 94.9 Å². The largest absolute Gasteiger partial charge is 0.459 e. The van der Waals surface area contributed by atoms with E-state index < -0.39 is 96.0 Å². The van der Waals surface area contributed by atoms with Gasteiger partial charge in [-0.3, -0.25) is 4.79 Å². The highest BCUT2D eigenvalue weighted by Gasteiger charge is 2.52.